The van der Waals surface area contributed by atoms with Crippen LogP contribution in [0, 0.1) is 11.2 Å². The maximum absolute atomic E-state index is 15.8. The van der Waals surface area contributed by atoms with Crippen molar-refractivity contribution in [1.82, 2.24) is 30.4 Å². The number of likely N-dealkylation sites (tertiary alicyclic amines) is 2. The summed E-state index contributed by atoms with van der Waals surface area (Å²) in [7, 11) is 1.57. The van der Waals surface area contributed by atoms with E-state index in [2.05, 4.69) is 25.8 Å². The third-order valence-corrected chi connectivity index (χ3v) is 10.5. The van der Waals surface area contributed by atoms with Crippen LogP contribution in [0.4, 0.5) is 15.8 Å². The van der Waals surface area contributed by atoms with Crippen LogP contribution in [-0.4, -0.2) is 77.5 Å². The lowest BCUT2D eigenvalue weighted by Crippen LogP contribution is -2.72. The number of nitrogens with zero attached hydrogens (tertiary/aromatic N) is 4. The molecule has 2 aromatic carbocycles. The topological polar surface area (TPSA) is 112 Å². The molecule has 4 aromatic rings. The highest BCUT2D eigenvalue weighted by Gasteiger charge is 2.52. The molecular formula is C37H38Cl2FN7O3. The van der Waals surface area contributed by atoms with Gasteiger partial charge in [0.25, 0.3) is 0 Å². The molecule has 3 saturated heterocycles. The SMILES string of the molecule is COc1nc(-c2ccnc(-c3cccc(Nc4cccc(CN5CC6(C5)CN(C(C)=O)C6)c4F)c3Cl)c2Cl)ccc1CNC[C@H]1CCC(=O)N1. The summed E-state index contributed by atoms with van der Waals surface area (Å²) < 4.78 is 21.4. The van der Waals surface area contributed by atoms with Crippen molar-refractivity contribution in [3.05, 3.63) is 87.8 Å². The molecule has 0 aliphatic carbocycles. The Balaban J connectivity index is 1.05. The highest BCUT2D eigenvalue weighted by molar-refractivity contribution is 6.39. The number of halogens is 3. The molecule has 3 fully saturated rings. The average Bonchev–Trinajstić information content (AvgIpc) is 3.49. The number of ether oxygens (including phenoxy) is 1. The Bertz CT molecular complexity index is 1950. The number of anilines is 2. The van der Waals surface area contributed by atoms with Crippen molar-refractivity contribution in [2.75, 3.05) is 45.2 Å². The van der Waals surface area contributed by atoms with Gasteiger partial charge in [0.05, 0.1) is 39.9 Å². The molecule has 2 aromatic heterocycles. The lowest BCUT2D eigenvalue weighted by Gasteiger charge is -2.60. The quantitative estimate of drug-likeness (QED) is 0.172. The van der Waals surface area contributed by atoms with E-state index < -0.39 is 0 Å². The lowest BCUT2D eigenvalue weighted by molar-refractivity contribution is -0.157. The third-order valence-electron chi connectivity index (χ3n) is 9.70. The molecular weight excluding hydrogens is 680 g/mol. The minimum Gasteiger partial charge on any atom is -0.481 e. The molecule has 13 heteroatoms. The zero-order valence-corrected chi connectivity index (χ0v) is 29.4. The van der Waals surface area contributed by atoms with Gasteiger partial charge in [-0.05, 0) is 30.7 Å². The first-order valence-corrected chi connectivity index (χ1v) is 17.4. The fourth-order valence-corrected chi connectivity index (χ4v) is 7.74. The summed E-state index contributed by atoms with van der Waals surface area (Å²) in [5.74, 6) is 0.316. The standard InChI is InChI=1S/C37H38Cl2FN7O3/c1-22(48)47-20-37(21-47)18-46(19-37)17-24-5-3-8-30(34(24)40)44-29-7-4-6-27(32(29)38)35-33(39)26(13-14-42-35)28-11-9-23(36(45-28)50-2)15-41-16-25-10-12-31(49)43-25/h3-9,11,13-14,25,41,44H,10,12,15-21H2,1-2H3,(H,43,49)/t25-/m1/s1. The van der Waals surface area contributed by atoms with Gasteiger partial charge in [-0.3, -0.25) is 19.5 Å². The molecule has 7 rings (SSSR count). The van der Waals surface area contributed by atoms with Crippen LogP contribution in [0.2, 0.25) is 10.0 Å². The Morgan fingerprint density at radius 2 is 1.80 bits per heavy atom. The normalized spacial score (nSPS) is 18.1. The molecule has 50 heavy (non-hydrogen) atoms. The van der Waals surface area contributed by atoms with E-state index in [0.29, 0.717) is 81.4 Å². The fraction of sp³-hybridized carbons (Fsp3) is 0.351. The largest absolute Gasteiger partial charge is 0.481 e. The second-order valence-corrected chi connectivity index (χ2v) is 14.2. The van der Waals surface area contributed by atoms with E-state index in [1.807, 2.05) is 35.2 Å². The number of rotatable bonds is 11. The molecule has 3 aliphatic rings. The van der Waals surface area contributed by atoms with E-state index in [1.54, 1.807) is 44.5 Å². The average molecular weight is 719 g/mol. The smallest absolute Gasteiger partial charge is 0.220 e. The Morgan fingerprint density at radius 1 is 1.02 bits per heavy atom. The molecule has 3 aliphatic heterocycles. The Morgan fingerprint density at radius 3 is 2.54 bits per heavy atom. The van der Waals surface area contributed by atoms with Gasteiger partial charge in [0, 0.05) is 99.1 Å². The van der Waals surface area contributed by atoms with Crippen LogP contribution in [0.25, 0.3) is 22.5 Å². The van der Waals surface area contributed by atoms with Crippen LogP contribution >= 0.6 is 23.2 Å². The van der Waals surface area contributed by atoms with Gasteiger partial charge in [-0.1, -0.05) is 53.5 Å². The van der Waals surface area contributed by atoms with Crippen LogP contribution in [-0.2, 0) is 22.7 Å². The van der Waals surface area contributed by atoms with E-state index in [4.69, 9.17) is 32.9 Å². The van der Waals surface area contributed by atoms with Crippen LogP contribution in [0.3, 0.4) is 0 Å². The zero-order valence-electron chi connectivity index (χ0n) is 27.9. The summed E-state index contributed by atoms with van der Waals surface area (Å²) in [6.07, 6.45) is 3.03. The van der Waals surface area contributed by atoms with E-state index in [1.165, 1.54) is 0 Å². The van der Waals surface area contributed by atoms with Gasteiger partial charge in [-0.25, -0.2) is 9.37 Å². The summed E-state index contributed by atoms with van der Waals surface area (Å²) in [5, 5.41) is 10.2. The molecule has 3 N–H and O–H groups in total. The van der Waals surface area contributed by atoms with E-state index in [-0.39, 0.29) is 29.1 Å². The Labute approximate surface area is 300 Å². The highest BCUT2D eigenvalue weighted by Crippen LogP contribution is 2.42. The number of hydrogen-bond donors (Lipinski definition) is 3. The molecule has 0 radical (unpaired) electrons. The summed E-state index contributed by atoms with van der Waals surface area (Å²) in [5.41, 5.74) is 4.74. The number of methoxy groups -OCH3 is 1. The minimum absolute atomic E-state index is 0.0858. The molecule has 0 unspecified atom stereocenters. The van der Waals surface area contributed by atoms with Crippen molar-refractivity contribution in [3.63, 3.8) is 0 Å². The van der Waals surface area contributed by atoms with Gasteiger partial charge in [-0.2, -0.15) is 0 Å². The van der Waals surface area contributed by atoms with Gasteiger partial charge in [-0.15, -0.1) is 0 Å². The van der Waals surface area contributed by atoms with Crippen LogP contribution in [0.15, 0.2) is 60.8 Å². The number of carbonyl (C=O) groups excluding carboxylic acids is 2. The number of nitrogens with one attached hydrogen (secondary N) is 3. The number of aromatic nitrogens is 2. The molecule has 0 saturated carbocycles. The van der Waals surface area contributed by atoms with Crippen molar-refractivity contribution in [2.24, 2.45) is 5.41 Å². The van der Waals surface area contributed by atoms with Crippen molar-refractivity contribution >= 4 is 46.4 Å². The van der Waals surface area contributed by atoms with Crippen molar-refractivity contribution < 1.29 is 18.7 Å². The maximum Gasteiger partial charge on any atom is 0.220 e. The molecule has 1 atom stereocenters. The second-order valence-electron chi connectivity index (χ2n) is 13.4. The van der Waals surface area contributed by atoms with E-state index in [0.717, 1.165) is 38.2 Å². The van der Waals surface area contributed by atoms with Gasteiger partial charge < -0.3 is 25.6 Å². The number of hydrogen-bond acceptors (Lipinski definition) is 8. The Kier molecular flexibility index (Phi) is 9.67. The number of carbonyl (C=O) groups is 2. The first-order chi connectivity index (χ1) is 24.1. The summed E-state index contributed by atoms with van der Waals surface area (Å²) in [6, 6.07) is 16.5. The second kappa shape index (κ2) is 14.1. The molecule has 1 spiro atoms. The molecule has 260 valence electrons. The fourth-order valence-electron chi connectivity index (χ4n) is 7.17. The number of pyridine rings is 2. The van der Waals surface area contributed by atoms with E-state index >= 15 is 4.39 Å². The van der Waals surface area contributed by atoms with Gasteiger partial charge in [0.1, 0.15) is 0 Å². The monoisotopic (exact) mass is 717 g/mol. The predicted octanol–water partition coefficient (Wildman–Crippen LogP) is 6.04. The van der Waals surface area contributed by atoms with Crippen molar-refractivity contribution in [2.45, 2.75) is 38.9 Å². The van der Waals surface area contributed by atoms with Crippen molar-refractivity contribution in [3.8, 4) is 28.4 Å². The van der Waals surface area contributed by atoms with Crippen LogP contribution < -0.4 is 20.7 Å². The minimum atomic E-state index is -0.337. The van der Waals surface area contributed by atoms with Gasteiger partial charge in [0.15, 0.2) is 5.82 Å². The molecule has 10 nitrogen and oxygen atoms in total. The number of benzene rings is 2. The molecule has 2 amide bonds. The van der Waals surface area contributed by atoms with Crippen LogP contribution in [0.1, 0.15) is 30.9 Å². The predicted molar refractivity (Wildman–Crippen MR) is 192 cm³/mol. The molecule has 0 bridgehead atoms. The summed E-state index contributed by atoms with van der Waals surface area (Å²) >= 11 is 13.9. The Hall–Kier alpha value is -4.29. The molecule has 5 heterocycles. The summed E-state index contributed by atoms with van der Waals surface area (Å²) in [6.45, 7) is 6.51. The third kappa shape index (κ3) is 6.87. The first-order valence-electron chi connectivity index (χ1n) is 16.6. The van der Waals surface area contributed by atoms with Crippen molar-refractivity contribution in [1.29, 1.82) is 0 Å². The highest BCUT2D eigenvalue weighted by atomic mass is 35.5. The lowest BCUT2D eigenvalue weighted by atomic mass is 9.72. The maximum atomic E-state index is 15.8. The summed E-state index contributed by atoms with van der Waals surface area (Å²) in [4.78, 5) is 36.5. The van der Waals surface area contributed by atoms with Gasteiger partial charge >= 0.3 is 0 Å². The van der Waals surface area contributed by atoms with Crippen LogP contribution in [0.5, 0.6) is 5.88 Å². The number of amides is 2. The zero-order chi connectivity index (χ0) is 35.0. The first kappa shape index (κ1) is 34.2. The van der Waals surface area contributed by atoms with Gasteiger partial charge in [0.2, 0.25) is 17.7 Å². The van der Waals surface area contributed by atoms with E-state index in [9.17, 15) is 9.59 Å².